The van der Waals surface area contributed by atoms with Crippen molar-refractivity contribution in [3.63, 3.8) is 0 Å². The zero-order chi connectivity index (χ0) is 19.0. The monoisotopic (exact) mass is 376 g/mol. The summed E-state index contributed by atoms with van der Waals surface area (Å²) in [7, 11) is 0. The highest BCUT2D eigenvalue weighted by molar-refractivity contribution is 5.96. The summed E-state index contributed by atoms with van der Waals surface area (Å²) in [6, 6.07) is 0.157. The number of amides is 3. The summed E-state index contributed by atoms with van der Waals surface area (Å²) in [4.78, 5) is 24.7. The first-order valence-corrected chi connectivity index (χ1v) is 11.4. The molecule has 152 valence electrons. The Labute approximate surface area is 163 Å². The molecule has 5 rings (SSSR count). The average Bonchev–Trinajstić information content (AvgIpc) is 2.61. The van der Waals surface area contributed by atoms with Crippen LogP contribution in [0, 0.1) is 23.2 Å². The molecule has 4 bridgehead atoms. The predicted molar refractivity (Wildman–Crippen MR) is 105 cm³/mol. The molecule has 0 heterocycles. The van der Waals surface area contributed by atoms with E-state index in [2.05, 4.69) is 22.9 Å². The predicted octanol–water partition coefficient (Wildman–Crippen LogP) is 2.70. The van der Waals surface area contributed by atoms with Gasteiger partial charge in [0.05, 0.1) is 6.04 Å². The molecule has 0 aromatic carbocycles. The topological polar surface area (TPSA) is 74.8 Å². The molecule has 5 saturated carbocycles. The summed E-state index contributed by atoms with van der Waals surface area (Å²) >= 11 is 0. The average molecular weight is 377 g/mol. The van der Waals surface area contributed by atoms with Crippen molar-refractivity contribution in [2.75, 3.05) is 0 Å². The summed E-state index contributed by atoms with van der Waals surface area (Å²) in [5.41, 5.74) is 0.424. The molecule has 5 aliphatic rings. The van der Waals surface area contributed by atoms with Crippen molar-refractivity contribution in [1.29, 1.82) is 0 Å². The molecule has 0 aromatic rings. The van der Waals surface area contributed by atoms with Gasteiger partial charge in [0.15, 0.2) is 6.04 Å². The maximum Gasteiger partial charge on any atom is 0.321 e. The zero-order valence-electron chi connectivity index (χ0n) is 17.1. The molecule has 5 aliphatic carbocycles. The zero-order valence-corrected chi connectivity index (χ0v) is 17.1. The largest absolute Gasteiger partial charge is 0.335 e. The number of nitrogens with two attached hydrogens (primary N) is 1. The van der Waals surface area contributed by atoms with Crippen molar-refractivity contribution in [2.24, 2.45) is 23.2 Å². The Balaban J connectivity index is 1.27. The number of imide groups is 1. The number of carbonyl (C=O) groups excluding carboxylic acids is 2. The van der Waals surface area contributed by atoms with E-state index >= 15 is 0 Å². The van der Waals surface area contributed by atoms with Gasteiger partial charge in [-0.2, -0.15) is 0 Å². The van der Waals surface area contributed by atoms with Gasteiger partial charge in [0.1, 0.15) is 0 Å². The third-order valence-corrected chi connectivity index (χ3v) is 8.22. The molecular weight excluding hydrogens is 338 g/mol. The second-order valence-electron chi connectivity index (χ2n) is 10.3. The summed E-state index contributed by atoms with van der Waals surface area (Å²) in [5.74, 6) is 2.63. The van der Waals surface area contributed by atoms with Crippen molar-refractivity contribution in [3.05, 3.63) is 0 Å². The molecular formula is C22H38N3O2+. The summed E-state index contributed by atoms with van der Waals surface area (Å²) in [6.07, 6.45) is 14.1. The minimum absolute atomic E-state index is 0.153. The van der Waals surface area contributed by atoms with Gasteiger partial charge < -0.3 is 10.6 Å². The highest BCUT2D eigenvalue weighted by atomic mass is 16.2. The lowest BCUT2D eigenvalue weighted by atomic mass is 9.48. The van der Waals surface area contributed by atoms with Gasteiger partial charge in [-0.3, -0.25) is 10.1 Å². The second kappa shape index (κ2) is 7.73. The van der Waals surface area contributed by atoms with Crippen LogP contribution in [-0.2, 0) is 4.79 Å². The number of hydrogen-bond acceptors (Lipinski definition) is 2. The third kappa shape index (κ3) is 4.18. The molecule has 0 radical (unpaired) electrons. The fourth-order valence-corrected chi connectivity index (χ4v) is 7.15. The Morgan fingerprint density at radius 2 is 1.48 bits per heavy atom. The molecule has 2 atom stereocenters. The Kier molecular flexibility index (Phi) is 5.50. The first kappa shape index (κ1) is 19.2. The molecule has 0 aromatic heterocycles. The number of carbonyl (C=O) groups is 2. The van der Waals surface area contributed by atoms with Crippen molar-refractivity contribution in [1.82, 2.24) is 10.6 Å². The van der Waals surface area contributed by atoms with Gasteiger partial charge in [-0.05, 0) is 83.0 Å². The van der Waals surface area contributed by atoms with Gasteiger partial charge in [-0.1, -0.05) is 19.3 Å². The Morgan fingerprint density at radius 3 is 2.04 bits per heavy atom. The summed E-state index contributed by atoms with van der Waals surface area (Å²) in [5, 5.41) is 7.80. The van der Waals surface area contributed by atoms with E-state index in [1.165, 1.54) is 57.8 Å². The molecule has 5 nitrogen and oxygen atoms in total. The van der Waals surface area contributed by atoms with Crippen LogP contribution >= 0.6 is 0 Å². The highest BCUT2D eigenvalue weighted by Gasteiger charge is 2.54. The molecule has 5 heteroatoms. The lowest BCUT2D eigenvalue weighted by Crippen LogP contribution is -2.99. The maximum absolute atomic E-state index is 12.6. The van der Waals surface area contributed by atoms with E-state index in [4.69, 9.17) is 0 Å². The lowest BCUT2D eigenvalue weighted by Gasteiger charge is -2.58. The van der Waals surface area contributed by atoms with Crippen molar-refractivity contribution in [2.45, 2.75) is 103 Å². The van der Waals surface area contributed by atoms with Crippen LogP contribution in [0.1, 0.15) is 84.5 Å². The number of hydrogen-bond donors (Lipinski definition) is 3. The summed E-state index contributed by atoms with van der Waals surface area (Å²) < 4.78 is 0. The molecule has 5 fully saturated rings. The normalized spacial score (nSPS) is 37.6. The smallest absolute Gasteiger partial charge is 0.321 e. The van der Waals surface area contributed by atoms with Crippen LogP contribution < -0.4 is 16.0 Å². The van der Waals surface area contributed by atoms with E-state index in [0.29, 0.717) is 11.5 Å². The highest BCUT2D eigenvalue weighted by Crippen LogP contribution is 2.60. The van der Waals surface area contributed by atoms with Crippen LogP contribution in [0.5, 0.6) is 0 Å². The minimum Gasteiger partial charge on any atom is -0.335 e. The van der Waals surface area contributed by atoms with Gasteiger partial charge >= 0.3 is 6.03 Å². The van der Waals surface area contributed by atoms with E-state index in [1.54, 1.807) is 0 Å². The van der Waals surface area contributed by atoms with Crippen LogP contribution in [0.2, 0.25) is 0 Å². The first-order valence-electron chi connectivity index (χ1n) is 11.4. The van der Waals surface area contributed by atoms with Crippen LogP contribution in [0.3, 0.4) is 0 Å². The quantitative estimate of drug-likeness (QED) is 0.690. The number of nitrogens with one attached hydrogen (secondary N) is 2. The van der Waals surface area contributed by atoms with Crippen molar-refractivity contribution >= 4 is 11.9 Å². The van der Waals surface area contributed by atoms with E-state index in [-0.39, 0.29) is 24.0 Å². The Bertz CT molecular complexity index is 535. The Hall–Kier alpha value is -1.10. The lowest BCUT2D eigenvalue weighted by molar-refractivity contribution is -0.719. The molecule has 0 aliphatic heterocycles. The van der Waals surface area contributed by atoms with Gasteiger partial charge in [0.2, 0.25) is 0 Å². The molecule has 4 N–H and O–H groups in total. The van der Waals surface area contributed by atoms with Crippen LogP contribution in [0.25, 0.3) is 0 Å². The molecule has 3 amide bonds. The minimum atomic E-state index is -0.311. The number of rotatable bonds is 5. The van der Waals surface area contributed by atoms with E-state index in [0.717, 1.165) is 30.6 Å². The second-order valence-corrected chi connectivity index (χ2v) is 10.3. The van der Waals surface area contributed by atoms with Crippen molar-refractivity contribution in [3.8, 4) is 0 Å². The SMILES string of the molecule is C[C@@H]([NH2+][C@H](C)C12CC3CC(CC(C3)C1)C2)C(=O)NC(=O)NC1CCCCC1. The van der Waals surface area contributed by atoms with Crippen LogP contribution in [0.15, 0.2) is 0 Å². The molecule has 0 saturated heterocycles. The Morgan fingerprint density at radius 1 is 0.926 bits per heavy atom. The van der Waals surface area contributed by atoms with E-state index in [1.807, 2.05) is 6.92 Å². The fraction of sp³-hybridized carbons (Fsp3) is 0.909. The van der Waals surface area contributed by atoms with Crippen LogP contribution in [-0.4, -0.2) is 30.1 Å². The fourth-order valence-electron chi connectivity index (χ4n) is 7.15. The van der Waals surface area contributed by atoms with Crippen molar-refractivity contribution < 1.29 is 14.9 Å². The van der Waals surface area contributed by atoms with Gasteiger partial charge in [-0.25, -0.2) is 4.79 Å². The number of quaternary nitrogens is 1. The van der Waals surface area contributed by atoms with Gasteiger partial charge in [-0.15, -0.1) is 0 Å². The maximum atomic E-state index is 12.6. The standard InChI is InChI=1S/C22H37N3O2/c1-14(20(26)25-21(27)24-19-6-4-3-5-7-19)23-15(2)22-11-16-8-17(12-22)10-18(9-16)13-22/h14-19,23H,3-13H2,1-2H3,(H2,24,25,26,27)/p+1/t14-,15-,16?,17?,18?,22?/m1/s1. The van der Waals surface area contributed by atoms with Gasteiger partial charge in [0, 0.05) is 11.5 Å². The van der Waals surface area contributed by atoms with Gasteiger partial charge in [0.25, 0.3) is 5.91 Å². The molecule has 0 unspecified atom stereocenters. The summed E-state index contributed by atoms with van der Waals surface area (Å²) in [6.45, 7) is 4.26. The van der Waals surface area contributed by atoms with E-state index < -0.39 is 0 Å². The van der Waals surface area contributed by atoms with Crippen LogP contribution in [0.4, 0.5) is 4.79 Å². The molecule has 27 heavy (non-hydrogen) atoms. The molecule has 0 spiro atoms. The third-order valence-electron chi connectivity index (χ3n) is 8.22. The number of urea groups is 1. The van der Waals surface area contributed by atoms with E-state index in [9.17, 15) is 9.59 Å². The first-order chi connectivity index (χ1) is 12.9.